The Hall–Kier alpha value is -1.51. The highest BCUT2D eigenvalue weighted by Crippen LogP contribution is 2.55. The Morgan fingerprint density at radius 1 is 1.20 bits per heavy atom. The molecular formula is C17H24N2O. The Balaban J connectivity index is 2.15. The molecule has 0 bridgehead atoms. The molecule has 0 radical (unpaired) electrons. The minimum atomic E-state index is -0.252. The zero-order chi connectivity index (χ0) is 14.7. The predicted molar refractivity (Wildman–Crippen MR) is 81.8 cm³/mol. The zero-order valence-electron chi connectivity index (χ0n) is 13.1. The molecule has 1 aromatic rings. The average Bonchev–Trinajstić information content (AvgIpc) is 2.72. The van der Waals surface area contributed by atoms with Crippen LogP contribution in [-0.2, 0) is 10.2 Å². The number of fused-ring (bicyclic) bond motifs is 3. The number of rotatable bonds is 2. The van der Waals surface area contributed by atoms with E-state index in [0.717, 1.165) is 6.54 Å². The van der Waals surface area contributed by atoms with Gasteiger partial charge in [0.1, 0.15) is 5.66 Å². The van der Waals surface area contributed by atoms with Crippen molar-refractivity contribution < 1.29 is 4.79 Å². The minimum Gasteiger partial charge on any atom is -0.338 e. The molecule has 0 spiro atoms. The van der Waals surface area contributed by atoms with Crippen LogP contribution in [0.2, 0.25) is 0 Å². The molecule has 3 nitrogen and oxygen atoms in total. The van der Waals surface area contributed by atoms with Crippen LogP contribution in [0.5, 0.6) is 0 Å². The summed E-state index contributed by atoms with van der Waals surface area (Å²) in [7, 11) is 0. The first-order valence-electron chi connectivity index (χ1n) is 7.47. The lowest BCUT2D eigenvalue weighted by Gasteiger charge is -2.46. The molecule has 0 saturated carbocycles. The standard InChI is InChI=1S/C17H24N2O/c1-12(2)10-19-15(20)11-18-14-9-7-6-8-13(14)16(3,4)17(18,19)5/h6-9,12H,10-11H2,1-5H3. The predicted octanol–water partition coefficient (Wildman–Crippen LogP) is 3.00. The third kappa shape index (κ3) is 1.44. The number of amides is 1. The van der Waals surface area contributed by atoms with Gasteiger partial charge >= 0.3 is 0 Å². The van der Waals surface area contributed by atoms with Gasteiger partial charge in [0, 0.05) is 17.6 Å². The summed E-state index contributed by atoms with van der Waals surface area (Å²) in [5.74, 6) is 0.735. The van der Waals surface area contributed by atoms with Crippen LogP contribution in [0.15, 0.2) is 24.3 Å². The number of hydrogen-bond acceptors (Lipinski definition) is 2. The summed E-state index contributed by atoms with van der Waals surface area (Å²) >= 11 is 0. The van der Waals surface area contributed by atoms with E-state index >= 15 is 0 Å². The van der Waals surface area contributed by atoms with E-state index in [4.69, 9.17) is 0 Å². The number of anilines is 1. The Bertz CT molecular complexity index is 564. The molecule has 3 heteroatoms. The summed E-state index contributed by atoms with van der Waals surface area (Å²) in [6.45, 7) is 12.4. The number of para-hydroxylation sites is 1. The van der Waals surface area contributed by atoms with Gasteiger partial charge in [-0.05, 0) is 24.5 Å². The summed E-state index contributed by atoms with van der Waals surface area (Å²) in [4.78, 5) is 16.9. The molecule has 2 aliphatic rings. The SMILES string of the molecule is CC(C)CN1C(=O)CN2c3ccccc3C(C)(C)C12C. The lowest BCUT2D eigenvalue weighted by atomic mass is 9.76. The Labute approximate surface area is 121 Å². The molecular weight excluding hydrogens is 248 g/mol. The Kier molecular flexibility index (Phi) is 2.69. The third-order valence-electron chi connectivity index (χ3n) is 5.25. The molecule has 2 heterocycles. The average molecular weight is 272 g/mol. The molecule has 1 saturated heterocycles. The van der Waals surface area contributed by atoms with Gasteiger partial charge in [-0.15, -0.1) is 0 Å². The van der Waals surface area contributed by atoms with Crippen molar-refractivity contribution in [3.63, 3.8) is 0 Å². The second kappa shape index (κ2) is 4.00. The van der Waals surface area contributed by atoms with E-state index in [0.29, 0.717) is 12.5 Å². The fourth-order valence-corrected chi connectivity index (χ4v) is 3.89. The van der Waals surface area contributed by atoms with Crippen LogP contribution in [0, 0.1) is 5.92 Å². The summed E-state index contributed by atoms with van der Waals surface area (Å²) in [5, 5.41) is 0. The molecule has 20 heavy (non-hydrogen) atoms. The van der Waals surface area contributed by atoms with Crippen LogP contribution in [0.4, 0.5) is 5.69 Å². The van der Waals surface area contributed by atoms with Crippen molar-refractivity contribution in [2.45, 2.75) is 45.7 Å². The summed E-state index contributed by atoms with van der Waals surface area (Å²) in [5.41, 5.74) is 2.26. The molecule has 1 amide bonds. The molecule has 108 valence electrons. The van der Waals surface area contributed by atoms with Gasteiger partial charge in [-0.2, -0.15) is 0 Å². The van der Waals surface area contributed by atoms with Crippen LogP contribution < -0.4 is 4.90 Å². The first kappa shape index (κ1) is 13.5. The fraction of sp³-hybridized carbons (Fsp3) is 0.588. The largest absolute Gasteiger partial charge is 0.338 e. The van der Waals surface area contributed by atoms with Crippen LogP contribution in [-0.4, -0.2) is 29.6 Å². The van der Waals surface area contributed by atoms with Gasteiger partial charge < -0.3 is 9.80 Å². The summed E-state index contributed by atoms with van der Waals surface area (Å²) in [6, 6.07) is 8.52. The van der Waals surface area contributed by atoms with Gasteiger partial charge in [0.15, 0.2) is 0 Å². The smallest absolute Gasteiger partial charge is 0.244 e. The zero-order valence-corrected chi connectivity index (χ0v) is 13.1. The maximum Gasteiger partial charge on any atom is 0.244 e. The fourth-order valence-electron chi connectivity index (χ4n) is 3.89. The maximum absolute atomic E-state index is 12.5. The highest BCUT2D eigenvalue weighted by molar-refractivity contribution is 5.90. The molecule has 1 aromatic carbocycles. The maximum atomic E-state index is 12.5. The minimum absolute atomic E-state index is 0.0648. The molecule has 0 aromatic heterocycles. The number of benzene rings is 1. The highest BCUT2D eigenvalue weighted by Gasteiger charge is 2.62. The second-order valence-electron chi connectivity index (χ2n) is 7.15. The van der Waals surface area contributed by atoms with Crippen molar-refractivity contribution in [1.29, 1.82) is 0 Å². The van der Waals surface area contributed by atoms with E-state index < -0.39 is 0 Å². The van der Waals surface area contributed by atoms with Crippen LogP contribution in [0.25, 0.3) is 0 Å². The van der Waals surface area contributed by atoms with Crippen molar-refractivity contribution >= 4 is 11.6 Å². The van der Waals surface area contributed by atoms with Crippen molar-refractivity contribution in [2.75, 3.05) is 18.0 Å². The lowest BCUT2D eigenvalue weighted by Crippen LogP contribution is -2.60. The normalized spacial score (nSPS) is 27.2. The Morgan fingerprint density at radius 2 is 1.85 bits per heavy atom. The van der Waals surface area contributed by atoms with Gasteiger partial charge in [0.25, 0.3) is 0 Å². The number of hydrogen-bond donors (Lipinski definition) is 0. The van der Waals surface area contributed by atoms with Crippen LogP contribution >= 0.6 is 0 Å². The second-order valence-corrected chi connectivity index (χ2v) is 7.15. The lowest BCUT2D eigenvalue weighted by molar-refractivity contribution is -0.132. The monoisotopic (exact) mass is 272 g/mol. The molecule has 0 N–H and O–H groups in total. The van der Waals surface area contributed by atoms with E-state index in [1.165, 1.54) is 11.3 Å². The molecule has 1 fully saturated rings. The van der Waals surface area contributed by atoms with E-state index in [1.807, 2.05) is 0 Å². The van der Waals surface area contributed by atoms with Crippen molar-refractivity contribution in [3.8, 4) is 0 Å². The quantitative estimate of drug-likeness (QED) is 0.826. The van der Waals surface area contributed by atoms with Gasteiger partial charge in [-0.25, -0.2) is 0 Å². The van der Waals surface area contributed by atoms with Crippen molar-refractivity contribution in [2.24, 2.45) is 5.92 Å². The Morgan fingerprint density at radius 3 is 2.50 bits per heavy atom. The molecule has 1 unspecified atom stereocenters. The number of nitrogens with zero attached hydrogens (tertiary/aromatic N) is 2. The topological polar surface area (TPSA) is 23.6 Å². The van der Waals surface area contributed by atoms with Crippen molar-refractivity contribution in [3.05, 3.63) is 29.8 Å². The third-order valence-corrected chi connectivity index (χ3v) is 5.25. The van der Waals surface area contributed by atoms with Crippen LogP contribution in [0.1, 0.15) is 40.2 Å². The van der Waals surface area contributed by atoms with E-state index in [2.05, 4.69) is 68.7 Å². The van der Waals surface area contributed by atoms with Crippen LogP contribution in [0.3, 0.4) is 0 Å². The van der Waals surface area contributed by atoms with Gasteiger partial charge in [-0.3, -0.25) is 4.79 Å². The molecule has 0 aliphatic carbocycles. The number of carbonyl (C=O) groups excluding carboxylic acids is 1. The first-order chi connectivity index (χ1) is 9.30. The number of carbonyl (C=O) groups is 1. The van der Waals surface area contributed by atoms with Crippen molar-refractivity contribution in [1.82, 2.24) is 4.90 Å². The van der Waals surface area contributed by atoms with Gasteiger partial charge in [-0.1, -0.05) is 45.9 Å². The van der Waals surface area contributed by atoms with E-state index in [1.54, 1.807) is 0 Å². The molecule has 3 rings (SSSR count). The molecule has 1 atom stereocenters. The summed E-state index contributed by atoms with van der Waals surface area (Å²) in [6.07, 6.45) is 0. The van der Waals surface area contributed by atoms with Gasteiger partial charge in [0.05, 0.1) is 6.54 Å². The summed E-state index contributed by atoms with van der Waals surface area (Å²) < 4.78 is 0. The van der Waals surface area contributed by atoms with E-state index in [-0.39, 0.29) is 17.0 Å². The highest BCUT2D eigenvalue weighted by atomic mass is 16.2. The van der Waals surface area contributed by atoms with E-state index in [9.17, 15) is 4.79 Å². The molecule has 2 aliphatic heterocycles. The first-order valence-corrected chi connectivity index (χ1v) is 7.47. The van der Waals surface area contributed by atoms with Gasteiger partial charge in [0.2, 0.25) is 5.91 Å².